The summed E-state index contributed by atoms with van der Waals surface area (Å²) in [6, 6.07) is 1.40. The maximum absolute atomic E-state index is 12.3. The molecule has 5 rings (SSSR count). The summed E-state index contributed by atoms with van der Waals surface area (Å²) < 4.78 is 1.18. The number of aromatic nitrogens is 2. The Balaban J connectivity index is 1.38. The third kappa shape index (κ3) is 2.80. The molecule has 1 N–H and O–H groups in total. The fourth-order valence-corrected chi connectivity index (χ4v) is 5.78. The average molecular weight is 332 g/mol. The smallest absolute Gasteiger partial charge is 0.345 e. The maximum atomic E-state index is 12.3. The fraction of sp³-hybridized carbons (Fsp3) is 0.765. The molecule has 4 saturated carbocycles. The second-order valence-corrected chi connectivity index (χ2v) is 8.25. The van der Waals surface area contributed by atoms with Crippen molar-refractivity contribution in [2.24, 2.45) is 23.2 Å². The van der Waals surface area contributed by atoms with E-state index in [2.05, 4.69) is 10.4 Å². The van der Waals surface area contributed by atoms with E-state index in [9.17, 15) is 14.9 Å². The van der Waals surface area contributed by atoms with Crippen LogP contribution in [-0.2, 0) is 11.3 Å². The molecular weight excluding hydrogens is 308 g/mol. The lowest BCUT2D eigenvalue weighted by Crippen LogP contribution is -2.51. The van der Waals surface area contributed by atoms with Crippen molar-refractivity contribution >= 4 is 11.7 Å². The van der Waals surface area contributed by atoms with Crippen LogP contribution in [0.15, 0.2) is 6.07 Å². The molecule has 0 aromatic carbocycles. The Morgan fingerprint density at radius 2 is 1.92 bits per heavy atom. The molecule has 0 radical (unpaired) electrons. The molecule has 24 heavy (non-hydrogen) atoms. The van der Waals surface area contributed by atoms with E-state index in [-0.39, 0.29) is 23.7 Å². The van der Waals surface area contributed by atoms with Crippen molar-refractivity contribution < 1.29 is 9.72 Å². The van der Waals surface area contributed by atoms with E-state index in [1.165, 1.54) is 49.3 Å². The van der Waals surface area contributed by atoms with Crippen molar-refractivity contribution in [1.82, 2.24) is 15.1 Å². The summed E-state index contributed by atoms with van der Waals surface area (Å²) in [6.07, 6.45) is 7.85. The van der Waals surface area contributed by atoms with Crippen LogP contribution in [0.25, 0.3) is 0 Å². The van der Waals surface area contributed by atoms with Crippen molar-refractivity contribution in [2.45, 2.75) is 52.0 Å². The predicted octanol–water partition coefficient (Wildman–Crippen LogP) is 2.43. The summed E-state index contributed by atoms with van der Waals surface area (Å²) in [5.74, 6) is 2.24. The number of aryl methyl sites for hydroxylation is 1. The summed E-state index contributed by atoms with van der Waals surface area (Å²) in [7, 11) is 0. The van der Waals surface area contributed by atoms with E-state index in [1.807, 2.05) is 0 Å². The minimum absolute atomic E-state index is 0.0868. The van der Waals surface area contributed by atoms with Gasteiger partial charge in [0.2, 0.25) is 0 Å². The van der Waals surface area contributed by atoms with Crippen LogP contribution >= 0.6 is 0 Å². The number of nitrogens with one attached hydrogen (secondary N) is 1. The summed E-state index contributed by atoms with van der Waals surface area (Å²) >= 11 is 0. The van der Waals surface area contributed by atoms with E-state index in [1.54, 1.807) is 6.92 Å². The van der Waals surface area contributed by atoms with Gasteiger partial charge < -0.3 is 15.4 Å². The van der Waals surface area contributed by atoms with Crippen molar-refractivity contribution in [2.75, 3.05) is 6.54 Å². The van der Waals surface area contributed by atoms with Crippen LogP contribution in [0.2, 0.25) is 0 Å². The normalized spacial score (nSPS) is 33.6. The molecule has 7 nitrogen and oxygen atoms in total. The Bertz CT molecular complexity index is 646. The number of hydrogen-bond donors (Lipinski definition) is 1. The van der Waals surface area contributed by atoms with Gasteiger partial charge in [-0.25, -0.2) is 0 Å². The minimum atomic E-state index is -0.494. The third-order valence-corrected chi connectivity index (χ3v) is 6.19. The first kappa shape index (κ1) is 15.6. The number of nitrogens with zero attached hydrogens (tertiary/aromatic N) is 3. The van der Waals surface area contributed by atoms with Crippen molar-refractivity contribution in [3.63, 3.8) is 0 Å². The zero-order chi connectivity index (χ0) is 16.9. The highest BCUT2D eigenvalue weighted by Crippen LogP contribution is 2.59. The zero-order valence-electron chi connectivity index (χ0n) is 14.0. The molecule has 1 heterocycles. The van der Waals surface area contributed by atoms with Gasteiger partial charge >= 0.3 is 5.82 Å². The molecule has 4 aliphatic rings. The van der Waals surface area contributed by atoms with Crippen molar-refractivity contribution in [1.29, 1.82) is 0 Å². The summed E-state index contributed by atoms with van der Waals surface area (Å²) in [5, 5.41) is 18.1. The Morgan fingerprint density at radius 1 is 1.33 bits per heavy atom. The fourth-order valence-electron chi connectivity index (χ4n) is 5.78. The van der Waals surface area contributed by atoms with E-state index >= 15 is 0 Å². The second kappa shape index (κ2) is 5.57. The van der Waals surface area contributed by atoms with Gasteiger partial charge in [-0.05, 0) is 73.5 Å². The van der Waals surface area contributed by atoms with Crippen molar-refractivity contribution in [3.8, 4) is 0 Å². The largest absolute Gasteiger partial charge is 0.358 e. The molecule has 0 spiro atoms. The monoisotopic (exact) mass is 332 g/mol. The van der Waals surface area contributed by atoms with Gasteiger partial charge in [0.25, 0.3) is 5.91 Å². The Morgan fingerprint density at radius 3 is 2.46 bits per heavy atom. The molecule has 0 unspecified atom stereocenters. The van der Waals surface area contributed by atoms with Gasteiger partial charge in [0.05, 0.1) is 11.8 Å². The standard InChI is InChI=1S/C17H24N4O3/c1-11-2-16(21(23)24)20(19-11)9-15(22)18-10-17-6-12-3-13(7-17)5-14(4-12)8-17/h2,12-14H,3-10H2,1H3,(H,18,22). The lowest BCUT2D eigenvalue weighted by Gasteiger charge is -2.56. The second-order valence-electron chi connectivity index (χ2n) is 8.25. The molecule has 0 atom stereocenters. The van der Waals surface area contributed by atoms with Crippen LogP contribution < -0.4 is 5.32 Å². The van der Waals surface area contributed by atoms with E-state index < -0.39 is 4.92 Å². The SMILES string of the molecule is Cc1cc([N+](=O)[O-])n(CC(=O)NCC23CC4CC(CC(C4)C2)C3)n1. The van der Waals surface area contributed by atoms with Gasteiger partial charge in [0, 0.05) is 6.54 Å². The van der Waals surface area contributed by atoms with E-state index in [0.29, 0.717) is 12.2 Å². The molecule has 0 aliphatic heterocycles. The highest BCUT2D eigenvalue weighted by atomic mass is 16.6. The molecule has 7 heteroatoms. The molecule has 130 valence electrons. The van der Waals surface area contributed by atoms with Crippen LogP contribution in [0.4, 0.5) is 5.82 Å². The van der Waals surface area contributed by atoms with E-state index in [0.717, 1.165) is 17.8 Å². The van der Waals surface area contributed by atoms with Gasteiger partial charge in [-0.1, -0.05) is 5.10 Å². The summed E-state index contributed by atoms with van der Waals surface area (Å²) in [4.78, 5) is 22.8. The number of amides is 1. The van der Waals surface area contributed by atoms with Gasteiger partial charge in [-0.3, -0.25) is 4.79 Å². The Labute approximate surface area is 140 Å². The molecule has 1 amide bonds. The Kier molecular flexibility index (Phi) is 3.62. The molecule has 4 aliphatic carbocycles. The van der Waals surface area contributed by atoms with Gasteiger partial charge in [-0.15, -0.1) is 4.68 Å². The first-order valence-electron chi connectivity index (χ1n) is 8.88. The van der Waals surface area contributed by atoms with Gasteiger partial charge in [0.1, 0.15) is 0 Å². The molecular formula is C17H24N4O3. The lowest BCUT2D eigenvalue weighted by molar-refractivity contribution is -0.392. The number of nitro groups is 1. The highest BCUT2D eigenvalue weighted by molar-refractivity contribution is 5.76. The number of hydrogen-bond acceptors (Lipinski definition) is 4. The van der Waals surface area contributed by atoms with Crippen LogP contribution in [0.1, 0.15) is 44.2 Å². The molecule has 0 saturated heterocycles. The molecule has 1 aromatic rings. The number of rotatable bonds is 5. The highest BCUT2D eigenvalue weighted by Gasteiger charge is 2.50. The molecule has 4 bridgehead atoms. The van der Waals surface area contributed by atoms with Crippen molar-refractivity contribution in [3.05, 3.63) is 21.9 Å². The quantitative estimate of drug-likeness (QED) is 0.662. The van der Waals surface area contributed by atoms with Crippen LogP contribution in [0, 0.1) is 40.2 Å². The molecule has 4 fully saturated rings. The predicted molar refractivity (Wildman–Crippen MR) is 87.2 cm³/mol. The van der Waals surface area contributed by atoms with Crippen LogP contribution in [0.5, 0.6) is 0 Å². The zero-order valence-corrected chi connectivity index (χ0v) is 14.0. The first-order valence-corrected chi connectivity index (χ1v) is 8.88. The number of carbonyl (C=O) groups excluding carboxylic acids is 1. The van der Waals surface area contributed by atoms with Crippen LogP contribution in [0.3, 0.4) is 0 Å². The third-order valence-electron chi connectivity index (χ3n) is 6.19. The Hall–Kier alpha value is -1.92. The first-order chi connectivity index (χ1) is 11.4. The van der Waals surface area contributed by atoms with Crippen LogP contribution in [-0.4, -0.2) is 27.2 Å². The summed E-state index contributed by atoms with van der Waals surface area (Å²) in [6.45, 7) is 2.32. The lowest BCUT2D eigenvalue weighted by atomic mass is 9.49. The minimum Gasteiger partial charge on any atom is -0.358 e. The maximum Gasteiger partial charge on any atom is 0.345 e. The van der Waals surface area contributed by atoms with E-state index in [4.69, 9.17) is 0 Å². The van der Waals surface area contributed by atoms with Gasteiger partial charge in [-0.2, -0.15) is 0 Å². The molecule has 1 aromatic heterocycles. The topological polar surface area (TPSA) is 90.1 Å². The average Bonchev–Trinajstić information content (AvgIpc) is 2.85. The number of carbonyl (C=O) groups is 1. The summed E-state index contributed by atoms with van der Waals surface area (Å²) in [5.41, 5.74) is 0.826. The van der Waals surface area contributed by atoms with Gasteiger partial charge in [0.15, 0.2) is 6.54 Å².